The van der Waals surface area contributed by atoms with Crippen LogP contribution in [0.3, 0.4) is 0 Å². The topological polar surface area (TPSA) is 0 Å². The molecule has 0 aliphatic carbocycles. The van der Waals surface area contributed by atoms with Crippen molar-refractivity contribution in [3.05, 3.63) is 11.6 Å². The summed E-state index contributed by atoms with van der Waals surface area (Å²) in [5.41, 5.74) is 1.42. The highest BCUT2D eigenvalue weighted by atomic mass is 35.5. The maximum Gasteiger partial charge on any atom is 0.0550 e. The van der Waals surface area contributed by atoms with Crippen molar-refractivity contribution in [1.82, 2.24) is 0 Å². The van der Waals surface area contributed by atoms with Crippen molar-refractivity contribution in [3.8, 4) is 11.8 Å². The van der Waals surface area contributed by atoms with Crippen molar-refractivity contribution in [2.45, 2.75) is 6.92 Å². The Morgan fingerprint density at radius 3 is 3.00 bits per heavy atom. The minimum Gasteiger partial charge on any atom is -0.149 e. The lowest BCUT2D eigenvalue weighted by atomic mass is 10.6. The molecule has 0 aromatic rings. The van der Waals surface area contributed by atoms with E-state index in [0.29, 0.717) is 0 Å². The third-order valence-electron chi connectivity index (χ3n) is 0.627. The molecule has 9 heavy (non-hydrogen) atoms. The van der Waals surface area contributed by atoms with E-state index in [1.165, 1.54) is 5.54 Å². The Balaban J connectivity index is 3.16. The minimum absolute atomic E-state index is 0.901. The zero-order chi connectivity index (χ0) is 6.95. The van der Waals surface area contributed by atoms with Crippen LogP contribution in [-0.2, 0) is 0 Å². The molecule has 0 atom stereocenters. The molecule has 0 nitrogen and oxygen atoms in total. The van der Waals surface area contributed by atoms with Crippen LogP contribution < -0.4 is 0 Å². The van der Waals surface area contributed by atoms with Crippen LogP contribution in [-0.4, -0.2) is 11.5 Å². The minimum atomic E-state index is 0.901. The quantitative estimate of drug-likeness (QED) is 0.442. The van der Waals surface area contributed by atoms with Crippen molar-refractivity contribution < 1.29 is 0 Å². The van der Waals surface area contributed by atoms with E-state index in [1.807, 2.05) is 11.8 Å². The fourth-order valence-corrected chi connectivity index (χ4v) is 0.738. The second kappa shape index (κ2) is 7.94. The number of rotatable bonds is 2. The summed E-state index contributed by atoms with van der Waals surface area (Å²) in [4.78, 5) is 0. The maximum atomic E-state index is 5.22. The van der Waals surface area contributed by atoms with Gasteiger partial charge in [0.25, 0.3) is 0 Å². The molecule has 0 spiro atoms. The lowest BCUT2D eigenvalue weighted by Gasteiger charge is -1.82. The van der Waals surface area contributed by atoms with E-state index in [9.17, 15) is 0 Å². The van der Waals surface area contributed by atoms with Gasteiger partial charge in [0.1, 0.15) is 0 Å². The molecule has 2 heteroatoms. The summed E-state index contributed by atoms with van der Waals surface area (Å²) in [5, 5.41) is 0. The van der Waals surface area contributed by atoms with Gasteiger partial charge in [-0.1, -0.05) is 30.4 Å². The second-order valence-corrected chi connectivity index (χ2v) is 2.78. The summed E-state index contributed by atoms with van der Waals surface area (Å²) in [6, 6.07) is 0. The standard InChI is InChI=1S/C7H9ClS/c1-2-9-7-5-3-4-6-8/h4,6H,2,7H2,1H3/b6-4-. The molecule has 0 saturated heterocycles. The zero-order valence-electron chi connectivity index (χ0n) is 5.36. The third kappa shape index (κ3) is 7.94. The Morgan fingerprint density at radius 1 is 1.67 bits per heavy atom. The highest BCUT2D eigenvalue weighted by Crippen LogP contribution is 1.94. The third-order valence-corrected chi connectivity index (χ3v) is 1.51. The van der Waals surface area contributed by atoms with Gasteiger partial charge in [0.2, 0.25) is 0 Å². The highest BCUT2D eigenvalue weighted by molar-refractivity contribution is 7.99. The van der Waals surface area contributed by atoms with Crippen LogP contribution in [0.2, 0.25) is 0 Å². The smallest absolute Gasteiger partial charge is 0.0550 e. The molecule has 0 radical (unpaired) electrons. The predicted molar refractivity (Wildman–Crippen MR) is 45.8 cm³/mol. The average molecular weight is 161 g/mol. The van der Waals surface area contributed by atoms with Gasteiger partial charge in [0.05, 0.1) is 5.75 Å². The van der Waals surface area contributed by atoms with Gasteiger partial charge in [-0.25, -0.2) is 0 Å². The van der Waals surface area contributed by atoms with Crippen LogP contribution in [0.25, 0.3) is 0 Å². The van der Waals surface area contributed by atoms with E-state index in [1.54, 1.807) is 6.08 Å². The van der Waals surface area contributed by atoms with Crippen LogP contribution in [0, 0.1) is 11.8 Å². The monoisotopic (exact) mass is 160 g/mol. The summed E-state index contributed by atoms with van der Waals surface area (Å²) < 4.78 is 0. The molecule has 0 heterocycles. The molecule has 0 fully saturated rings. The van der Waals surface area contributed by atoms with Crippen molar-refractivity contribution >= 4 is 23.4 Å². The molecule has 0 amide bonds. The lowest BCUT2D eigenvalue weighted by Crippen LogP contribution is -1.70. The van der Waals surface area contributed by atoms with Gasteiger partial charge in [-0.15, -0.1) is 11.8 Å². The Bertz CT molecular complexity index is 130. The zero-order valence-corrected chi connectivity index (χ0v) is 6.93. The van der Waals surface area contributed by atoms with Crippen molar-refractivity contribution in [2.75, 3.05) is 11.5 Å². The SMILES string of the molecule is CCSCC#C/C=C\Cl. The molecule has 0 bridgehead atoms. The van der Waals surface area contributed by atoms with Gasteiger partial charge >= 0.3 is 0 Å². The molecule has 0 N–H and O–H groups in total. The number of thioether (sulfide) groups is 1. The number of allylic oxidation sites excluding steroid dienone is 1. The fourth-order valence-electron chi connectivity index (χ4n) is 0.285. The predicted octanol–water partition coefficient (Wildman–Crippen LogP) is 2.50. The van der Waals surface area contributed by atoms with E-state index >= 15 is 0 Å². The largest absolute Gasteiger partial charge is 0.149 e. The molecule has 50 valence electrons. The first-order valence-electron chi connectivity index (χ1n) is 2.73. The van der Waals surface area contributed by atoms with Crippen molar-refractivity contribution in [1.29, 1.82) is 0 Å². The summed E-state index contributed by atoms with van der Waals surface area (Å²) >= 11 is 7.03. The van der Waals surface area contributed by atoms with Crippen molar-refractivity contribution in [2.24, 2.45) is 0 Å². The van der Waals surface area contributed by atoms with Gasteiger partial charge in [-0.3, -0.25) is 0 Å². The van der Waals surface area contributed by atoms with Gasteiger partial charge in [-0.2, -0.15) is 0 Å². The Morgan fingerprint density at radius 2 is 2.44 bits per heavy atom. The van der Waals surface area contributed by atoms with E-state index in [2.05, 4.69) is 18.8 Å². The lowest BCUT2D eigenvalue weighted by molar-refractivity contribution is 1.52. The average Bonchev–Trinajstić information content (AvgIpc) is 1.89. The van der Waals surface area contributed by atoms with Crippen LogP contribution in [0.4, 0.5) is 0 Å². The first kappa shape index (κ1) is 8.94. The first-order valence-corrected chi connectivity index (χ1v) is 4.32. The molecule has 0 unspecified atom stereocenters. The van der Waals surface area contributed by atoms with Gasteiger partial charge in [0.15, 0.2) is 0 Å². The summed E-state index contributed by atoms with van der Waals surface area (Å²) in [6.45, 7) is 2.11. The Hall–Kier alpha value is -0.0600. The van der Waals surface area contributed by atoms with Crippen LogP contribution >= 0.6 is 23.4 Å². The van der Waals surface area contributed by atoms with E-state index in [4.69, 9.17) is 11.6 Å². The summed E-state index contributed by atoms with van der Waals surface area (Å²) in [6.07, 6.45) is 1.64. The van der Waals surface area contributed by atoms with E-state index < -0.39 is 0 Å². The highest BCUT2D eigenvalue weighted by Gasteiger charge is 1.72. The molecule has 0 aromatic carbocycles. The fraction of sp³-hybridized carbons (Fsp3) is 0.429. The van der Waals surface area contributed by atoms with E-state index in [-0.39, 0.29) is 0 Å². The maximum absolute atomic E-state index is 5.22. The number of halogens is 1. The van der Waals surface area contributed by atoms with Crippen LogP contribution in [0.15, 0.2) is 11.6 Å². The number of hydrogen-bond donors (Lipinski definition) is 0. The number of hydrogen-bond acceptors (Lipinski definition) is 1. The molecule has 0 rings (SSSR count). The molecular formula is C7H9ClS. The summed E-state index contributed by atoms with van der Waals surface area (Å²) in [5.74, 6) is 7.74. The van der Waals surface area contributed by atoms with Crippen molar-refractivity contribution in [3.63, 3.8) is 0 Å². The second-order valence-electron chi connectivity index (χ2n) is 1.25. The van der Waals surface area contributed by atoms with Gasteiger partial charge in [-0.05, 0) is 11.8 Å². The van der Waals surface area contributed by atoms with Gasteiger partial charge in [0, 0.05) is 5.54 Å². The Kier molecular flexibility index (Phi) is 7.89. The normalized spacial score (nSPS) is 9.11. The summed E-state index contributed by atoms with van der Waals surface area (Å²) in [7, 11) is 0. The molecule has 0 aliphatic rings. The molecular weight excluding hydrogens is 152 g/mol. The van der Waals surface area contributed by atoms with E-state index in [0.717, 1.165) is 11.5 Å². The first-order chi connectivity index (χ1) is 4.41. The molecule has 0 aliphatic heterocycles. The molecule has 0 aromatic heterocycles. The Labute approximate surface area is 65.7 Å². The molecule has 0 saturated carbocycles. The van der Waals surface area contributed by atoms with Gasteiger partial charge < -0.3 is 0 Å². The van der Waals surface area contributed by atoms with Crippen LogP contribution in [0.1, 0.15) is 6.92 Å². The van der Waals surface area contributed by atoms with Crippen LogP contribution in [0.5, 0.6) is 0 Å².